The van der Waals surface area contributed by atoms with Crippen LogP contribution >= 0.6 is 11.3 Å². The Morgan fingerprint density at radius 3 is 2.80 bits per heavy atom. The van der Waals surface area contributed by atoms with Crippen molar-refractivity contribution in [3.63, 3.8) is 0 Å². The zero-order valence-electron chi connectivity index (χ0n) is 14.3. The average Bonchev–Trinajstić information content (AvgIpc) is 2.95. The molecule has 5 heteroatoms. The van der Waals surface area contributed by atoms with E-state index >= 15 is 0 Å². The van der Waals surface area contributed by atoms with Gasteiger partial charge in [0, 0.05) is 17.6 Å². The highest BCUT2D eigenvalue weighted by molar-refractivity contribution is 7.21. The van der Waals surface area contributed by atoms with Crippen LogP contribution in [0.25, 0.3) is 10.2 Å². The molecule has 25 heavy (non-hydrogen) atoms. The minimum atomic E-state index is -0.126. The smallest absolute Gasteiger partial charge is 0.263 e. The first kappa shape index (κ1) is 16.1. The van der Waals surface area contributed by atoms with Crippen molar-refractivity contribution in [3.8, 4) is 0 Å². The largest absolute Gasteiger partial charge is 0.397 e. The Morgan fingerprint density at radius 1 is 1.24 bits per heavy atom. The van der Waals surface area contributed by atoms with Crippen LogP contribution in [0.2, 0.25) is 0 Å². The van der Waals surface area contributed by atoms with Gasteiger partial charge >= 0.3 is 0 Å². The summed E-state index contributed by atoms with van der Waals surface area (Å²) >= 11 is 1.39. The molecule has 0 fully saturated rings. The minimum Gasteiger partial charge on any atom is -0.397 e. The predicted molar refractivity (Wildman–Crippen MR) is 103 cm³/mol. The maximum Gasteiger partial charge on any atom is 0.263 e. The average molecular weight is 351 g/mol. The second-order valence-electron chi connectivity index (χ2n) is 6.67. The topological polar surface area (TPSA) is 68.0 Å². The van der Waals surface area contributed by atoms with Crippen LogP contribution in [0, 0.1) is 6.92 Å². The fourth-order valence-corrected chi connectivity index (χ4v) is 4.31. The first-order valence-electron chi connectivity index (χ1n) is 8.66. The van der Waals surface area contributed by atoms with Gasteiger partial charge in [0.25, 0.3) is 5.91 Å². The van der Waals surface area contributed by atoms with Crippen molar-refractivity contribution in [1.29, 1.82) is 0 Å². The Kier molecular flexibility index (Phi) is 4.17. The lowest BCUT2D eigenvalue weighted by Crippen LogP contribution is -2.22. The van der Waals surface area contributed by atoms with Crippen LogP contribution in [0.1, 0.15) is 44.9 Å². The Hall–Kier alpha value is -2.40. The number of fused-ring (bicyclic) bond motifs is 2. The van der Waals surface area contributed by atoms with Crippen LogP contribution in [0.4, 0.5) is 5.69 Å². The van der Waals surface area contributed by atoms with Gasteiger partial charge in [0.2, 0.25) is 0 Å². The molecule has 4 nitrogen and oxygen atoms in total. The highest BCUT2D eigenvalue weighted by Crippen LogP contribution is 2.35. The number of nitrogen functional groups attached to an aromatic ring is 1. The summed E-state index contributed by atoms with van der Waals surface area (Å²) in [6, 6.07) is 10.3. The van der Waals surface area contributed by atoms with E-state index in [-0.39, 0.29) is 5.91 Å². The second-order valence-corrected chi connectivity index (χ2v) is 7.67. The van der Waals surface area contributed by atoms with Gasteiger partial charge in [-0.2, -0.15) is 0 Å². The first-order valence-corrected chi connectivity index (χ1v) is 9.48. The molecule has 4 rings (SSSR count). The molecule has 0 unspecified atom stereocenters. The van der Waals surface area contributed by atoms with Crippen molar-refractivity contribution < 1.29 is 4.79 Å². The van der Waals surface area contributed by atoms with Crippen molar-refractivity contribution in [2.24, 2.45) is 0 Å². The third-order valence-electron chi connectivity index (χ3n) is 4.78. The van der Waals surface area contributed by atoms with Crippen LogP contribution in [-0.2, 0) is 19.4 Å². The van der Waals surface area contributed by atoms with E-state index in [9.17, 15) is 4.79 Å². The molecule has 0 saturated heterocycles. The number of carbonyl (C=O) groups is 1. The summed E-state index contributed by atoms with van der Waals surface area (Å²) in [6.45, 7) is 2.55. The monoisotopic (exact) mass is 351 g/mol. The third kappa shape index (κ3) is 3.12. The van der Waals surface area contributed by atoms with Crippen molar-refractivity contribution in [2.45, 2.75) is 39.2 Å². The van der Waals surface area contributed by atoms with Gasteiger partial charge < -0.3 is 11.1 Å². The molecule has 0 atom stereocenters. The number of hydrogen-bond acceptors (Lipinski definition) is 4. The molecule has 1 aromatic carbocycles. The van der Waals surface area contributed by atoms with Crippen LogP contribution < -0.4 is 11.1 Å². The summed E-state index contributed by atoms with van der Waals surface area (Å²) in [5.74, 6) is -0.126. The highest BCUT2D eigenvalue weighted by atomic mass is 32.1. The zero-order chi connectivity index (χ0) is 17.4. The van der Waals surface area contributed by atoms with E-state index in [1.54, 1.807) is 0 Å². The molecule has 3 aromatic rings. The number of hydrogen-bond donors (Lipinski definition) is 2. The quantitative estimate of drug-likeness (QED) is 0.749. The van der Waals surface area contributed by atoms with E-state index < -0.39 is 0 Å². The van der Waals surface area contributed by atoms with E-state index in [2.05, 4.69) is 11.4 Å². The molecule has 1 aliphatic carbocycles. The highest BCUT2D eigenvalue weighted by Gasteiger charge is 2.20. The van der Waals surface area contributed by atoms with Crippen LogP contribution in [0.3, 0.4) is 0 Å². The lowest BCUT2D eigenvalue weighted by Gasteiger charge is -2.14. The molecule has 2 aromatic heterocycles. The summed E-state index contributed by atoms with van der Waals surface area (Å²) < 4.78 is 0. The number of pyridine rings is 1. The Labute approximate surface area is 151 Å². The van der Waals surface area contributed by atoms with Gasteiger partial charge in [-0.3, -0.25) is 4.79 Å². The van der Waals surface area contributed by atoms with Gasteiger partial charge in [-0.05, 0) is 49.8 Å². The normalized spacial score (nSPS) is 13.6. The lowest BCUT2D eigenvalue weighted by molar-refractivity contribution is 0.0956. The Bertz CT molecular complexity index is 944. The third-order valence-corrected chi connectivity index (χ3v) is 5.89. The lowest BCUT2D eigenvalue weighted by atomic mass is 9.95. The molecule has 0 bridgehead atoms. The number of aryl methyl sites for hydroxylation is 3. The molecule has 3 N–H and O–H groups in total. The molecule has 1 amide bonds. The maximum absolute atomic E-state index is 12.6. The number of rotatable bonds is 3. The number of amides is 1. The van der Waals surface area contributed by atoms with E-state index in [0.717, 1.165) is 28.6 Å². The number of aromatic nitrogens is 1. The molecule has 0 radical (unpaired) electrons. The van der Waals surface area contributed by atoms with E-state index in [1.165, 1.54) is 41.0 Å². The fourth-order valence-electron chi connectivity index (χ4n) is 3.30. The maximum atomic E-state index is 12.6. The van der Waals surface area contributed by atoms with Crippen LogP contribution in [-0.4, -0.2) is 10.9 Å². The number of benzene rings is 1. The Morgan fingerprint density at radius 2 is 2.00 bits per heavy atom. The molecule has 0 spiro atoms. The number of anilines is 1. The number of carbonyl (C=O) groups excluding carboxylic acids is 1. The van der Waals surface area contributed by atoms with Crippen molar-refractivity contribution in [1.82, 2.24) is 10.3 Å². The standard InChI is InChI=1S/C20H21N3OS/c1-12-6-8-13(9-7-12)11-22-19(24)18-17(21)15-10-14-4-2-3-5-16(14)23-20(15)25-18/h6-10H,2-5,11,21H2,1H3,(H,22,24). The molecule has 1 aliphatic rings. The van der Waals surface area contributed by atoms with Gasteiger partial charge in [-0.25, -0.2) is 4.98 Å². The zero-order valence-corrected chi connectivity index (χ0v) is 15.1. The van der Waals surface area contributed by atoms with Crippen molar-refractivity contribution in [3.05, 3.63) is 57.6 Å². The summed E-state index contributed by atoms with van der Waals surface area (Å²) in [4.78, 5) is 18.8. The van der Waals surface area contributed by atoms with E-state index in [0.29, 0.717) is 17.1 Å². The van der Waals surface area contributed by atoms with Crippen molar-refractivity contribution >= 4 is 33.1 Å². The van der Waals surface area contributed by atoms with Gasteiger partial charge in [0.15, 0.2) is 0 Å². The SMILES string of the molecule is Cc1ccc(CNC(=O)c2sc3nc4c(cc3c2N)CCCC4)cc1. The molecular formula is C20H21N3OS. The van der Waals surface area contributed by atoms with Gasteiger partial charge in [-0.15, -0.1) is 11.3 Å². The van der Waals surface area contributed by atoms with Crippen molar-refractivity contribution in [2.75, 3.05) is 5.73 Å². The number of nitrogens with two attached hydrogens (primary N) is 1. The molecule has 0 aliphatic heterocycles. The summed E-state index contributed by atoms with van der Waals surface area (Å²) in [5.41, 5.74) is 11.6. The van der Waals surface area contributed by atoms with E-state index in [4.69, 9.17) is 10.7 Å². The molecular weight excluding hydrogens is 330 g/mol. The number of thiophene rings is 1. The Balaban J connectivity index is 1.58. The first-order chi connectivity index (χ1) is 12.1. The fraction of sp³-hybridized carbons (Fsp3) is 0.300. The van der Waals surface area contributed by atoms with E-state index in [1.807, 2.05) is 31.2 Å². The number of nitrogens with one attached hydrogen (secondary N) is 1. The molecule has 0 saturated carbocycles. The summed E-state index contributed by atoms with van der Waals surface area (Å²) in [5, 5.41) is 3.89. The summed E-state index contributed by atoms with van der Waals surface area (Å²) in [7, 11) is 0. The van der Waals surface area contributed by atoms with Crippen LogP contribution in [0.5, 0.6) is 0 Å². The van der Waals surface area contributed by atoms with Gasteiger partial charge in [0.05, 0.1) is 5.69 Å². The molecule has 128 valence electrons. The van der Waals surface area contributed by atoms with Crippen LogP contribution in [0.15, 0.2) is 30.3 Å². The molecule has 2 heterocycles. The predicted octanol–water partition coefficient (Wildman–Crippen LogP) is 4.00. The van der Waals surface area contributed by atoms with Gasteiger partial charge in [0.1, 0.15) is 9.71 Å². The number of nitrogens with zero attached hydrogens (tertiary/aromatic N) is 1. The summed E-state index contributed by atoms with van der Waals surface area (Å²) in [6.07, 6.45) is 4.48. The van der Waals surface area contributed by atoms with Gasteiger partial charge in [-0.1, -0.05) is 29.8 Å². The minimum absolute atomic E-state index is 0.126. The second kappa shape index (κ2) is 6.48.